The maximum Gasteiger partial charge on any atom is 0.416 e. The Labute approximate surface area is 176 Å². The summed E-state index contributed by atoms with van der Waals surface area (Å²) in [6, 6.07) is 11.8. The second-order valence-corrected chi connectivity index (χ2v) is 9.73. The van der Waals surface area contributed by atoms with Crippen LogP contribution in [0.4, 0.5) is 18.9 Å². The molecule has 8 heteroatoms. The molecule has 160 valence electrons. The molecule has 1 atom stereocenters. The van der Waals surface area contributed by atoms with E-state index in [2.05, 4.69) is 15.9 Å². The molecule has 0 N–H and O–H groups in total. The van der Waals surface area contributed by atoms with Crippen LogP contribution in [-0.4, -0.2) is 45.6 Å². The Morgan fingerprint density at radius 3 is 2.37 bits per heavy atom. The Morgan fingerprint density at radius 1 is 0.933 bits per heavy atom. The van der Waals surface area contributed by atoms with Gasteiger partial charge < -0.3 is 4.90 Å². The van der Waals surface area contributed by atoms with Crippen molar-refractivity contribution in [1.82, 2.24) is 9.21 Å². The fourth-order valence-electron chi connectivity index (χ4n) is 4.49. The van der Waals surface area contributed by atoms with Gasteiger partial charge in [-0.2, -0.15) is 13.2 Å². The van der Waals surface area contributed by atoms with Crippen LogP contribution in [0.3, 0.4) is 0 Å². The lowest BCUT2D eigenvalue weighted by Gasteiger charge is -2.37. The maximum atomic E-state index is 13.1. The predicted molar refractivity (Wildman–Crippen MR) is 110 cm³/mol. The van der Waals surface area contributed by atoms with Crippen LogP contribution in [0.15, 0.2) is 47.4 Å². The molecule has 2 heterocycles. The zero-order valence-corrected chi connectivity index (χ0v) is 17.4. The summed E-state index contributed by atoms with van der Waals surface area (Å²) in [4.78, 5) is 5.15. The van der Waals surface area contributed by atoms with Crippen molar-refractivity contribution < 1.29 is 17.4 Å². The van der Waals surface area contributed by atoms with E-state index >= 15 is 0 Å². The monoisotopic (exact) mass is 435 g/mol. The van der Waals surface area contributed by atoms with Crippen molar-refractivity contribution in [2.75, 3.05) is 31.1 Å². The summed E-state index contributed by atoms with van der Waals surface area (Å²) in [5.41, 5.74) is 2.67. The molecule has 5 rings (SSSR count). The molecule has 4 nitrogen and oxygen atoms in total. The third-order valence-corrected chi connectivity index (χ3v) is 7.63. The minimum atomic E-state index is -4.44. The van der Waals surface area contributed by atoms with E-state index in [1.165, 1.54) is 30.7 Å². The van der Waals surface area contributed by atoms with E-state index in [1.54, 1.807) is 4.31 Å². The van der Waals surface area contributed by atoms with Crippen LogP contribution in [0.25, 0.3) is 0 Å². The van der Waals surface area contributed by atoms with Gasteiger partial charge in [0.05, 0.1) is 10.5 Å². The summed E-state index contributed by atoms with van der Waals surface area (Å²) in [7, 11) is -1.64. The van der Waals surface area contributed by atoms with Gasteiger partial charge in [0.2, 0.25) is 0 Å². The zero-order chi connectivity index (χ0) is 20.9. The minimum absolute atomic E-state index is 0.192. The average Bonchev–Trinajstić information content (AvgIpc) is 3.50. The SMILES string of the molecule is O=S(c1cccc(C(F)(F)F)c1)N1Cc2cccc(N3CCN(C4CC4)CC3)c2C1. The molecule has 1 unspecified atom stereocenters. The van der Waals surface area contributed by atoms with Crippen LogP contribution in [-0.2, 0) is 30.3 Å². The van der Waals surface area contributed by atoms with E-state index in [4.69, 9.17) is 0 Å². The molecule has 1 saturated heterocycles. The van der Waals surface area contributed by atoms with Gasteiger partial charge in [0.15, 0.2) is 0 Å². The number of hydrogen-bond donors (Lipinski definition) is 0. The van der Waals surface area contributed by atoms with Gasteiger partial charge in [-0.3, -0.25) is 4.90 Å². The molecule has 1 aliphatic carbocycles. The molecule has 0 radical (unpaired) electrons. The van der Waals surface area contributed by atoms with Crippen molar-refractivity contribution in [3.05, 3.63) is 59.2 Å². The Kier molecular flexibility index (Phi) is 5.11. The topological polar surface area (TPSA) is 26.8 Å². The van der Waals surface area contributed by atoms with E-state index in [0.29, 0.717) is 13.1 Å². The van der Waals surface area contributed by atoms with Crippen molar-refractivity contribution in [2.45, 2.75) is 43.0 Å². The smallest absolute Gasteiger partial charge is 0.369 e. The second kappa shape index (κ2) is 7.66. The molecule has 2 fully saturated rings. The van der Waals surface area contributed by atoms with E-state index in [-0.39, 0.29) is 4.90 Å². The average molecular weight is 436 g/mol. The van der Waals surface area contributed by atoms with Gasteiger partial charge in [0.1, 0.15) is 11.0 Å². The molecule has 0 aromatic heterocycles. The molecule has 1 saturated carbocycles. The lowest BCUT2D eigenvalue weighted by molar-refractivity contribution is -0.137. The third-order valence-electron chi connectivity index (χ3n) is 6.25. The zero-order valence-electron chi connectivity index (χ0n) is 16.6. The Balaban J connectivity index is 1.33. The molecule has 0 spiro atoms. The molecule has 2 aromatic carbocycles. The van der Waals surface area contributed by atoms with Crippen molar-refractivity contribution in [2.24, 2.45) is 0 Å². The van der Waals surface area contributed by atoms with Gasteiger partial charge >= 0.3 is 6.18 Å². The Bertz CT molecular complexity index is 968. The summed E-state index contributed by atoms with van der Waals surface area (Å²) >= 11 is 0. The minimum Gasteiger partial charge on any atom is -0.369 e. The van der Waals surface area contributed by atoms with Gasteiger partial charge in [-0.25, -0.2) is 8.51 Å². The summed E-state index contributed by atoms with van der Waals surface area (Å²) in [6.07, 6.45) is -1.81. The highest BCUT2D eigenvalue weighted by molar-refractivity contribution is 7.82. The van der Waals surface area contributed by atoms with E-state index in [0.717, 1.165) is 55.5 Å². The maximum absolute atomic E-state index is 13.1. The van der Waals surface area contributed by atoms with E-state index in [1.807, 2.05) is 12.1 Å². The number of alkyl halides is 3. The Morgan fingerprint density at radius 2 is 1.67 bits per heavy atom. The second-order valence-electron chi connectivity index (χ2n) is 8.24. The lowest BCUT2D eigenvalue weighted by atomic mass is 10.1. The van der Waals surface area contributed by atoms with Crippen LogP contribution in [0.1, 0.15) is 29.5 Å². The highest BCUT2D eigenvalue weighted by Crippen LogP contribution is 2.36. The summed E-state index contributed by atoms with van der Waals surface area (Å²) < 4.78 is 53.9. The molecular weight excluding hydrogens is 411 g/mol. The normalized spacial score (nSPS) is 21.6. The highest BCUT2D eigenvalue weighted by atomic mass is 32.2. The molecule has 2 aliphatic heterocycles. The van der Waals surface area contributed by atoms with E-state index in [9.17, 15) is 17.4 Å². The number of nitrogens with zero attached hydrogens (tertiary/aromatic N) is 3. The number of anilines is 1. The fourth-order valence-corrected chi connectivity index (χ4v) is 5.71. The number of benzene rings is 2. The third kappa shape index (κ3) is 3.88. The first-order chi connectivity index (χ1) is 14.4. The van der Waals surface area contributed by atoms with Crippen LogP contribution < -0.4 is 4.90 Å². The number of halogens is 3. The number of piperazine rings is 1. The molecule has 30 heavy (non-hydrogen) atoms. The van der Waals surface area contributed by atoms with Gasteiger partial charge in [-0.1, -0.05) is 18.2 Å². The van der Waals surface area contributed by atoms with Crippen LogP contribution in [0.5, 0.6) is 0 Å². The Hall–Kier alpha value is -1.90. The van der Waals surface area contributed by atoms with Gasteiger partial charge in [0.25, 0.3) is 0 Å². The van der Waals surface area contributed by atoms with Crippen molar-refractivity contribution in [3.8, 4) is 0 Å². The van der Waals surface area contributed by atoms with Crippen LogP contribution in [0.2, 0.25) is 0 Å². The first kappa shape index (κ1) is 20.0. The molecule has 0 bridgehead atoms. The summed E-state index contributed by atoms with van der Waals surface area (Å²) in [5.74, 6) is 0. The number of hydrogen-bond acceptors (Lipinski definition) is 3. The van der Waals surface area contributed by atoms with Gasteiger partial charge in [0, 0.05) is 51.0 Å². The summed E-state index contributed by atoms with van der Waals surface area (Å²) in [5, 5.41) is 0. The molecule has 0 amide bonds. The highest BCUT2D eigenvalue weighted by Gasteiger charge is 2.34. The van der Waals surface area contributed by atoms with Crippen molar-refractivity contribution >= 4 is 16.7 Å². The molecular formula is C22H24F3N3OS. The molecule has 2 aromatic rings. The lowest BCUT2D eigenvalue weighted by Crippen LogP contribution is -2.47. The number of rotatable bonds is 4. The first-order valence-electron chi connectivity index (χ1n) is 10.3. The number of fused-ring (bicyclic) bond motifs is 1. The molecule has 3 aliphatic rings. The van der Waals surface area contributed by atoms with Gasteiger partial charge in [-0.05, 0) is 48.2 Å². The first-order valence-corrected chi connectivity index (χ1v) is 11.4. The predicted octanol–water partition coefficient (Wildman–Crippen LogP) is 4.03. The van der Waals surface area contributed by atoms with Crippen LogP contribution >= 0.6 is 0 Å². The standard InChI is InChI=1S/C22H24F3N3OS/c23-22(24,25)17-4-2-5-19(13-17)30(29)28-14-16-3-1-6-21(20(16)15-28)27-11-9-26(10-12-27)18-7-8-18/h1-6,13,18H,7-12,14-15H2. The fraction of sp³-hybridized carbons (Fsp3) is 0.455. The quantitative estimate of drug-likeness (QED) is 0.726. The van der Waals surface area contributed by atoms with Crippen LogP contribution in [0, 0.1) is 0 Å². The summed E-state index contributed by atoms with van der Waals surface area (Å²) in [6.45, 7) is 5.04. The van der Waals surface area contributed by atoms with E-state index < -0.39 is 22.7 Å². The van der Waals surface area contributed by atoms with Gasteiger partial charge in [-0.15, -0.1) is 0 Å². The van der Waals surface area contributed by atoms with Crippen molar-refractivity contribution in [3.63, 3.8) is 0 Å². The largest absolute Gasteiger partial charge is 0.416 e. The van der Waals surface area contributed by atoms with Crippen molar-refractivity contribution in [1.29, 1.82) is 0 Å².